The lowest BCUT2D eigenvalue weighted by Crippen LogP contribution is -2.10. The number of rotatable bonds is 3. The Bertz CT molecular complexity index is 1020. The van der Waals surface area contributed by atoms with Gasteiger partial charge in [-0.25, -0.2) is 9.97 Å². The van der Waals surface area contributed by atoms with Crippen LogP contribution in [0.25, 0.3) is 11.4 Å². The zero-order valence-corrected chi connectivity index (χ0v) is 13.4. The van der Waals surface area contributed by atoms with Gasteiger partial charge in [-0.1, -0.05) is 11.6 Å². The van der Waals surface area contributed by atoms with E-state index in [4.69, 9.17) is 11.6 Å². The molecule has 0 aromatic carbocycles. The van der Waals surface area contributed by atoms with Crippen LogP contribution in [0.3, 0.4) is 0 Å². The molecule has 0 aliphatic rings. The molecule has 116 valence electrons. The van der Waals surface area contributed by atoms with Gasteiger partial charge in [-0.15, -0.1) is 0 Å². The molecule has 0 unspecified atom stereocenters. The first-order chi connectivity index (χ1) is 11.1. The van der Waals surface area contributed by atoms with Crippen LogP contribution in [0.1, 0.15) is 17.0 Å². The molecule has 0 saturated carbocycles. The van der Waals surface area contributed by atoms with E-state index in [1.807, 2.05) is 42.8 Å². The molecular weight excluding hydrogens is 314 g/mol. The standard InChI is InChI=1S/C15H14ClN7/c1-9-10(2)20-15-18-8-19-23(15)14(9)17-5-12-7-22-6-11(16)3-4-13(22)21-12/h3-4,6-8,17H,5H2,1-2H3. The van der Waals surface area contributed by atoms with Crippen LogP contribution in [0.2, 0.25) is 5.02 Å². The molecule has 0 saturated heterocycles. The molecule has 1 N–H and O–H groups in total. The summed E-state index contributed by atoms with van der Waals surface area (Å²) in [5.74, 6) is 1.46. The third-order valence-electron chi connectivity index (χ3n) is 3.81. The van der Waals surface area contributed by atoms with Crippen LogP contribution in [0.15, 0.2) is 30.9 Å². The first-order valence-electron chi connectivity index (χ1n) is 7.16. The van der Waals surface area contributed by atoms with E-state index >= 15 is 0 Å². The van der Waals surface area contributed by atoms with Crippen molar-refractivity contribution < 1.29 is 0 Å². The Morgan fingerprint density at radius 1 is 1.17 bits per heavy atom. The molecular formula is C15H14ClN7. The Hall–Kier alpha value is -2.67. The first kappa shape index (κ1) is 14.0. The number of fused-ring (bicyclic) bond motifs is 2. The zero-order chi connectivity index (χ0) is 16.0. The summed E-state index contributed by atoms with van der Waals surface area (Å²) in [4.78, 5) is 13.1. The summed E-state index contributed by atoms with van der Waals surface area (Å²) in [7, 11) is 0. The molecule has 4 heterocycles. The van der Waals surface area contributed by atoms with Crippen molar-refractivity contribution in [2.45, 2.75) is 20.4 Å². The second-order valence-corrected chi connectivity index (χ2v) is 5.78. The van der Waals surface area contributed by atoms with Crippen LogP contribution in [0.4, 0.5) is 5.82 Å². The van der Waals surface area contributed by atoms with Crippen LogP contribution in [0.5, 0.6) is 0 Å². The van der Waals surface area contributed by atoms with E-state index in [2.05, 4.69) is 25.4 Å². The number of nitrogens with one attached hydrogen (secondary N) is 1. The smallest absolute Gasteiger partial charge is 0.254 e. The van der Waals surface area contributed by atoms with Gasteiger partial charge < -0.3 is 9.72 Å². The zero-order valence-electron chi connectivity index (χ0n) is 12.7. The van der Waals surface area contributed by atoms with Crippen LogP contribution in [0, 0.1) is 13.8 Å². The van der Waals surface area contributed by atoms with E-state index in [0.29, 0.717) is 17.3 Å². The number of hydrogen-bond donors (Lipinski definition) is 1. The predicted molar refractivity (Wildman–Crippen MR) is 87.8 cm³/mol. The van der Waals surface area contributed by atoms with Crippen LogP contribution < -0.4 is 5.32 Å². The number of anilines is 1. The number of aromatic nitrogens is 6. The first-order valence-corrected chi connectivity index (χ1v) is 7.53. The molecule has 4 aromatic heterocycles. The topological polar surface area (TPSA) is 72.4 Å². The second kappa shape index (κ2) is 5.20. The Balaban J connectivity index is 1.68. The molecule has 23 heavy (non-hydrogen) atoms. The summed E-state index contributed by atoms with van der Waals surface area (Å²) < 4.78 is 3.62. The average Bonchev–Trinajstić information content (AvgIpc) is 3.13. The lowest BCUT2D eigenvalue weighted by Gasteiger charge is -2.11. The minimum Gasteiger partial charge on any atom is -0.364 e. The second-order valence-electron chi connectivity index (χ2n) is 5.34. The molecule has 0 fully saturated rings. The van der Waals surface area contributed by atoms with E-state index in [-0.39, 0.29) is 0 Å². The summed E-state index contributed by atoms with van der Waals surface area (Å²) >= 11 is 6.00. The highest BCUT2D eigenvalue weighted by molar-refractivity contribution is 6.30. The highest BCUT2D eigenvalue weighted by Crippen LogP contribution is 2.19. The maximum atomic E-state index is 6.00. The molecule has 0 amide bonds. The van der Waals surface area contributed by atoms with Crippen molar-refractivity contribution in [3.8, 4) is 0 Å². The molecule has 4 aromatic rings. The molecule has 0 spiro atoms. The Morgan fingerprint density at radius 2 is 2.04 bits per heavy atom. The SMILES string of the molecule is Cc1nc2ncnn2c(NCc2cn3cc(Cl)ccc3n2)c1C. The summed E-state index contributed by atoms with van der Waals surface area (Å²) in [5, 5.41) is 8.29. The Kier molecular flexibility index (Phi) is 3.16. The van der Waals surface area contributed by atoms with Crippen molar-refractivity contribution >= 4 is 28.8 Å². The van der Waals surface area contributed by atoms with Gasteiger partial charge in [-0.3, -0.25) is 0 Å². The van der Waals surface area contributed by atoms with Crippen molar-refractivity contribution in [2.24, 2.45) is 0 Å². The normalized spacial score (nSPS) is 11.4. The minimum atomic E-state index is 0.568. The lowest BCUT2D eigenvalue weighted by atomic mass is 10.2. The molecule has 0 bridgehead atoms. The monoisotopic (exact) mass is 327 g/mol. The van der Waals surface area contributed by atoms with Crippen LogP contribution in [-0.2, 0) is 6.54 Å². The van der Waals surface area contributed by atoms with Gasteiger partial charge >= 0.3 is 0 Å². The molecule has 0 atom stereocenters. The molecule has 7 nitrogen and oxygen atoms in total. The van der Waals surface area contributed by atoms with Gasteiger partial charge in [-0.2, -0.15) is 14.6 Å². The van der Waals surface area contributed by atoms with E-state index in [1.165, 1.54) is 6.33 Å². The number of nitrogens with zero attached hydrogens (tertiary/aromatic N) is 6. The highest BCUT2D eigenvalue weighted by atomic mass is 35.5. The van der Waals surface area contributed by atoms with Gasteiger partial charge in [0.15, 0.2) is 0 Å². The van der Waals surface area contributed by atoms with Gasteiger partial charge in [0, 0.05) is 23.7 Å². The predicted octanol–water partition coefficient (Wildman–Crippen LogP) is 2.65. The third kappa shape index (κ3) is 2.39. The average molecular weight is 328 g/mol. The van der Waals surface area contributed by atoms with Crippen molar-refractivity contribution in [1.29, 1.82) is 0 Å². The number of halogens is 1. The number of imidazole rings is 1. The van der Waals surface area contributed by atoms with Gasteiger partial charge in [0.05, 0.1) is 17.3 Å². The number of pyridine rings is 1. The van der Waals surface area contributed by atoms with E-state index in [9.17, 15) is 0 Å². The largest absolute Gasteiger partial charge is 0.364 e. The van der Waals surface area contributed by atoms with Gasteiger partial charge in [0.25, 0.3) is 5.78 Å². The summed E-state index contributed by atoms with van der Waals surface area (Å²) in [6.07, 6.45) is 5.29. The van der Waals surface area contributed by atoms with Crippen molar-refractivity contribution in [1.82, 2.24) is 29.0 Å². The minimum absolute atomic E-state index is 0.568. The maximum Gasteiger partial charge on any atom is 0.254 e. The highest BCUT2D eigenvalue weighted by Gasteiger charge is 2.11. The third-order valence-corrected chi connectivity index (χ3v) is 4.03. The van der Waals surface area contributed by atoms with Crippen LogP contribution in [-0.4, -0.2) is 29.0 Å². The van der Waals surface area contributed by atoms with E-state index in [1.54, 1.807) is 4.52 Å². The Labute approximate surface area is 137 Å². The molecule has 0 aliphatic carbocycles. The quantitative estimate of drug-likeness (QED) is 0.626. The maximum absolute atomic E-state index is 6.00. The van der Waals surface area contributed by atoms with E-state index < -0.39 is 0 Å². The van der Waals surface area contributed by atoms with Crippen molar-refractivity contribution in [2.75, 3.05) is 5.32 Å². The fourth-order valence-corrected chi connectivity index (χ4v) is 2.69. The lowest BCUT2D eigenvalue weighted by molar-refractivity contribution is 0.898. The number of hydrogen-bond acceptors (Lipinski definition) is 5. The summed E-state index contributed by atoms with van der Waals surface area (Å²) in [6, 6.07) is 3.72. The fraction of sp³-hybridized carbons (Fsp3) is 0.200. The molecule has 8 heteroatoms. The van der Waals surface area contributed by atoms with Crippen molar-refractivity contribution in [3.05, 3.63) is 52.8 Å². The molecule has 0 radical (unpaired) electrons. The van der Waals surface area contributed by atoms with Crippen molar-refractivity contribution in [3.63, 3.8) is 0 Å². The fourth-order valence-electron chi connectivity index (χ4n) is 2.52. The molecule has 0 aliphatic heterocycles. The van der Waals surface area contributed by atoms with Gasteiger partial charge in [-0.05, 0) is 26.0 Å². The van der Waals surface area contributed by atoms with Gasteiger partial charge in [0.1, 0.15) is 17.8 Å². The summed E-state index contributed by atoms with van der Waals surface area (Å²) in [5.41, 5.74) is 3.73. The summed E-state index contributed by atoms with van der Waals surface area (Å²) in [6.45, 7) is 4.54. The van der Waals surface area contributed by atoms with E-state index in [0.717, 1.165) is 28.4 Å². The number of aryl methyl sites for hydroxylation is 1. The van der Waals surface area contributed by atoms with Gasteiger partial charge in [0.2, 0.25) is 0 Å². The Morgan fingerprint density at radius 3 is 2.91 bits per heavy atom. The molecule has 4 rings (SSSR count). The van der Waals surface area contributed by atoms with Crippen LogP contribution >= 0.6 is 11.6 Å².